The van der Waals surface area contributed by atoms with Crippen LogP contribution in [0.2, 0.25) is 0 Å². The van der Waals surface area contributed by atoms with Gasteiger partial charge in [-0.25, -0.2) is 0 Å². The largest absolute Gasteiger partial charge is 0.354 e. The Kier molecular flexibility index (Phi) is 1.34. The van der Waals surface area contributed by atoms with Gasteiger partial charge in [0.1, 0.15) is 0 Å². The molecule has 3 aliphatic rings. The van der Waals surface area contributed by atoms with Crippen molar-refractivity contribution in [2.24, 2.45) is 10.9 Å². The topological polar surface area (TPSA) is 27.6 Å². The van der Waals surface area contributed by atoms with Crippen LogP contribution < -0.4 is 5.32 Å². The smallest absolute Gasteiger partial charge is 0.194 e. The van der Waals surface area contributed by atoms with E-state index in [2.05, 4.69) is 15.2 Å². The molecule has 1 N–H and O–H groups in total. The summed E-state index contributed by atoms with van der Waals surface area (Å²) in [7, 11) is 0. The van der Waals surface area contributed by atoms with Crippen LogP contribution in [0.3, 0.4) is 0 Å². The van der Waals surface area contributed by atoms with Crippen molar-refractivity contribution in [2.45, 2.75) is 25.3 Å². The fourth-order valence-corrected chi connectivity index (χ4v) is 2.76. The monoisotopic (exact) mass is 165 g/mol. The SMILES string of the molecule is C1CNC(N2CC3CCC2C3)=N1. The third-order valence-electron chi connectivity index (χ3n) is 3.34. The summed E-state index contributed by atoms with van der Waals surface area (Å²) in [6.07, 6.45) is 4.26. The van der Waals surface area contributed by atoms with E-state index in [1.807, 2.05) is 0 Å². The molecule has 3 heteroatoms. The molecule has 0 aromatic heterocycles. The predicted octanol–water partition coefficient (Wildman–Crippen LogP) is 0.430. The molecule has 3 nitrogen and oxygen atoms in total. The number of hydrogen-bond acceptors (Lipinski definition) is 3. The lowest BCUT2D eigenvalue weighted by atomic mass is 10.1. The van der Waals surface area contributed by atoms with Crippen molar-refractivity contribution in [1.82, 2.24) is 10.2 Å². The minimum Gasteiger partial charge on any atom is -0.354 e. The minimum atomic E-state index is 0.819. The quantitative estimate of drug-likeness (QED) is 0.563. The lowest BCUT2D eigenvalue weighted by Crippen LogP contribution is -2.43. The van der Waals surface area contributed by atoms with E-state index in [1.54, 1.807) is 0 Å². The number of fused-ring (bicyclic) bond motifs is 2. The maximum absolute atomic E-state index is 4.47. The van der Waals surface area contributed by atoms with Crippen molar-refractivity contribution >= 4 is 5.96 Å². The van der Waals surface area contributed by atoms with Gasteiger partial charge in [0.05, 0.1) is 6.54 Å². The Bertz CT molecular complexity index is 224. The highest BCUT2D eigenvalue weighted by Crippen LogP contribution is 2.37. The Balaban J connectivity index is 1.77. The van der Waals surface area contributed by atoms with E-state index < -0.39 is 0 Å². The number of nitrogens with one attached hydrogen (secondary N) is 1. The maximum Gasteiger partial charge on any atom is 0.194 e. The van der Waals surface area contributed by atoms with Crippen LogP contribution in [0.25, 0.3) is 0 Å². The third kappa shape index (κ3) is 0.853. The number of likely N-dealkylation sites (tertiary alicyclic amines) is 1. The second-order valence-electron chi connectivity index (χ2n) is 4.12. The van der Waals surface area contributed by atoms with Gasteiger partial charge in [-0.05, 0) is 25.2 Å². The van der Waals surface area contributed by atoms with Gasteiger partial charge in [0.15, 0.2) is 5.96 Å². The maximum atomic E-state index is 4.47. The van der Waals surface area contributed by atoms with Gasteiger partial charge in [-0.2, -0.15) is 0 Å². The Hall–Kier alpha value is -0.730. The molecule has 2 heterocycles. The van der Waals surface area contributed by atoms with Gasteiger partial charge in [-0.3, -0.25) is 4.99 Å². The van der Waals surface area contributed by atoms with E-state index >= 15 is 0 Å². The number of guanidine groups is 1. The summed E-state index contributed by atoms with van der Waals surface area (Å²) < 4.78 is 0. The average molecular weight is 165 g/mol. The minimum absolute atomic E-state index is 0.819. The van der Waals surface area contributed by atoms with Crippen molar-refractivity contribution < 1.29 is 0 Å². The fraction of sp³-hybridized carbons (Fsp3) is 0.889. The number of rotatable bonds is 0. The van der Waals surface area contributed by atoms with Crippen LogP contribution in [-0.2, 0) is 0 Å². The molecule has 0 radical (unpaired) electrons. The average Bonchev–Trinajstić information content (AvgIpc) is 2.81. The van der Waals surface area contributed by atoms with E-state index in [1.165, 1.54) is 31.8 Å². The predicted molar refractivity (Wildman–Crippen MR) is 48.1 cm³/mol. The third-order valence-corrected chi connectivity index (χ3v) is 3.34. The molecule has 3 rings (SSSR count). The Morgan fingerprint density at radius 2 is 2.42 bits per heavy atom. The Labute approximate surface area is 72.8 Å². The van der Waals surface area contributed by atoms with Gasteiger partial charge in [-0.15, -0.1) is 0 Å². The molecule has 0 amide bonds. The summed E-state index contributed by atoms with van der Waals surface area (Å²) in [5, 5.41) is 3.36. The number of hydrogen-bond donors (Lipinski definition) is 1. The lowest BCUT2D eigenvalue weighted by molar-refractivity contribution is 0.320. The Morgan fingerprint density at radius 1 is 1.42 bits per heavy atom. The lowest BCUT2D eigenvalue weighted by Gasteiger charge is -2.28. The highest BCUT2D eigenvalue weighted by molar-refractivity contribution is 5.82. The van der Waals surface area contributed by atoms with E-state index in [0.717, 1.165) is 25.0 Å². The standard InChI is InChI=1S/C9H15N3/c1-2-8-5-7(1)6-12(8)9-10-3-4-11-9/h7-8H,1-6H2,(H,10,11). The van der Waals surface area contributed by atoms with Crippen LogP contribution in [0.4, 0.5) is 0 Å². The molecule has 0 aromatic rings. The zero-order valence-corrected chi connectivity index (χ0v) is 7.29. The normalized spacial score (nSPS) is 38.7. The van der Waals surface area contributed by atoms with E-state index in [9.17, 15) is 0 Å². The Morgan fingerprint density at radius 3 is 3.00 bits per heavy atom. The molecule has 2 bridgehead atoms. The van der Waals surface area contributed by atoms with Gasteiger partial charge in [-0.1, -0.05) is 0 Å². The molecule has 1 saturated heterocycles. The van der Waals surface area contributed by atoms with Crippen molar-refractivity contribution in [3.8, 4) is 0 Å². The number of piperidine rings is 1. The summed E-state index contributed by atoms with van der Waals surface area (Å²) in [4.78, 5) is 6.96. The van der Waals surface area contributed by atoms with Gasteiger partial charge in [0.25, 0.3) is 0 Å². The van der Waals surface area contributed by atoms with Gasteiger partial charge in [0, 0.05) is 19.1 Å². The zero-order chi connectivity index (χ0) is 7.97. The van der Waals surface area contributed by atoms with Gasteiger partial charge in [0.2, 0.25) is 0 Å². The molecule has 2 unspecified atom stereocenters. The number of nitrogens with zero attached hydrogens (tertiary/aromatic N) is 2. The molecule has 1 saturated carbocycles. The van der Waals surface area contributed by atoms with E-state index in [-0.39, 0.29) is 0 Å². The summed E-state index contributed by atoms with van der Waals surface area (Å²) in [6.45, 7) is 3.28. The van der Waals surface area contributed by atoms with Crippen molar-refractivity contribution in [2.75, 3.05) is 19.6 Å². The van der Waals surface area contributed by atoms with E-state index in [0.29, 0.717) is 0 Å². The van der Waals surface area contributed by atoms with Crippen LogP contribution in [0.15, 0.2) is 4.99 Å². The molecule has 2 atom stereocenters. The second-order valence-corrected chi connectivity index (χ2v) is 4.12. The highest BCUT2D eigenvalue weighted by Gasteiger charge is 2.39. The van der Waals surface area contributed by atoms with Crippen molar-refractivity contribution in [3.63, 3.8) is 0 Å². The summed E-state index contributed by atoms with van der Waals surface area (Å²) in [6, 6.07) is 0.819. The summed E-state index contributed by atoms with van der Waals surface area (Å²) >= 11 is 0. The molecule has 2 fully saturated rings. The van der Waals surface area contributed by atoms with Crippen LogP contribution >= 0.6 is 0 Å². The molecule has 2 aliphatic heterocycles. The molecule has 0 aromatic carbocycles. The van der Waals surface area contributed by atoms with Crippen LogP contribution in [-0.4, -0.2) is 36.5 Å². The first-order valence-electron chi connectivity index (χ1n) is 4.98. The first-order valence-corrected chi connectivity index (χ1v) is 4.98. The van der Waals surface area contributed by atoms with E-state index in [4.69, 9.17) is 0 Å². The fourth-order valence-electron chi connectivity index (χ4n) is 2.76. The molecule has 0 spiro atoms. The zero-order valence-electron chi connectivity index (χ0n) is 7.29. The molecular formula is C9H15N3. The van der Waals surface area contributed by atoms with Crippen molar-refractivity contribution in [3.05, 3.63) is 0 Å². The van der Waals surface area contributed by atoms with Gasteiger partial charge < -0.3 is 10.2 Å². The molecular weight excluding hydrogens is 150 g/mol. The van der Waals surface area contributed by atoms with Crippen LogP contribution in [0.1, 0.15) is 19.3 Å². The molecule has 66 valence electrons. The van der Waals surface area contributed by atoms with Crippen LogP contribution in [0, 0.1) is 5.92 Å². The van der Waals surface area contributed by atoms with Crippen LogP contribution in [0.5, 0.6) is 0 Å². The van der Waals surface area contributed by atoms with Gasteiger partial charge >= 0.3 is 0 Å². The summed E-state index contributed by atoms with van der Waals surface area (Å²) in [5.41, 5.74) is 0. The molecule has 1 aliphatic carbocycles. The van der Waals surface area contributed by atoms with Crippen molar-refractivity contribution in [1.29, 1.82) is 0 Å². The summed E-state index contributed by atoms with van der Waals surface area (Å²) in [5.74, 6) is 2.15. The highest BCUT2D eigenvalue weighted by atomic mass is 15.4. The molecule has 12 heavy (non-hydrogen) atoms. The first kappa shape index (κ1) is 6.75. The number of aliphatic imine (C=N–C) groups is 1. The second kappa shape index (κ2) is 2.38. The first-order chi connectivity index (χ1) is 5.93.